The molecule has 0 spiro atoms. The Bertz CT molecular complexity index is 1080. The molecule has 2 aromatic carbocycles. The van der Waals surface area contributed by atoms with Crippen LogP contribution in [0.3, 0.4) is 0 Å². The minimum atomic E-state index is -0.606. The van der Waals surface area contributed by atoms with Crippen LogP contribution in [0.4, 0.5) is 5.69 Å². The van der Waals surface area contributed by atoms with Crippen LogP contribution in [-0.2, 0) is 11.2 Å². The first-order valence-corrected chi connectivity index (χ1v) is 9.82. The summed E-state index contributed by atoms with van der Waals surface area (Å²) in [5.74, 6) is -0.267. The molecule has 1 heterocycles. The number of ether oxygens (including phenoxy) is 3. The van der Waals surface area contributed by atoms with Gasteiger partial charge < -0.3 is 19.5 Å². The molecule has 0 radical (unpaired) electrons. The largest absolute Gasteiger partial charge is 0.493 e. The first-order valence-electron chi connectivity index (χ1n) is 9.82. The van der Waals surface area contributed by atoms with Crippen LogP contribution in [0.15, 0.2) is 48.7 Å². The van der Waals surface area contributed by atoms with E-state index in [0.29, 0.717) is 23.5 Å². The molecular formula is C23H25N3O5. The molecule has 0 unspecified atom stereocenters. The van der Waals surface area contributed by atoms with E-state index in [1.165, 1.54) is 39.7 Å². The van der Waals surface area contributed by atoms with Crippen LogP contribution in [0.1, 0.15) is 39.8 Å². The Morgan fingerprint density at radius 1 is 1.00 bits per heavy atom. The molecule has 0 atom stereocenters. The van der Waals surface area contributed by atoms with Gasteiger partial charge in [0.05, 0.1) is 55.7 Å². The van der Waals surface area contributed by atoms with Gasteiger partial charge >= 0.3 is 5.97 Å². The first-order chi connectivity index (χ1) is 15.0. The predicted octanol–water partition coefficient (Wildman–Crippen LogP) is 3.88. The Balaban J connectivity index is 2.02. The highest BCUT2D eigenvalue weighted by atomic mass is 16.5. The van der Waals surface area contributed by atoms with E-state index in [4.69, 9.17) is 14.2 Å². The molecule has 8 nitrogen and oxygen atoms in total. The maximum atomic E-state index is 13.2. The highest BCUT2D eigenvalue weighted by Gasteiger charge is 2.22. The molecule has 1 amide bonds. The molecule has 162 valence electrons. The van der Waals surface area contributed by atoms with E-state index >= 15 is 0 Å². The van der Waals surface area contributed by atoms with Crippen molar-refractivity contribution in [3.05, 3.63) is 65.5 Å². The maximum absolute atomic E-state index is 13.2. The van der Waals surface area contributed by atoms with Crippen molar-refractivity contribution >= 4 is 17.6 Å². The van der Waals surface area contributed by atoms with Crippen molar-refractivity contribution in [2.75, 3.05) is 26.6 Å². The van der Waals surface area contributed by atoms with Crippen LogP contribution in [0.5, 0.6) is 11.5 Å². The second-order valence-electron chi connectivity index (χ2n) is 6.70. The quantitative estimate of drug-likeness (QED) is 0.553. The van der Waals surface area contributed by atoms with E-state index in [9.17, 15) is 9.59 Å². The van der Waals surface area contributed by atoms with Crippen LogP contribution < -0.4 is 14.8 Å². The number of nitrogens with zero attached hydrogens (tertiary/aromatic N) is 2. The summed E-state index contributed by atoms with van der Waals surface area (Å²) >= 11 is 0. The fraction of sp³-hybridized carbons (Fsp3) is 0.261. The summed E-state index contributed by atoms with van der Waals surface area (Å²) in [6.07, 6.45) is 3.03. The number of amides is 1. The number of rotatable bonds is 8. The molecule has 0 saturated heterocycles. The molecule has 3 aromatic rings. The smallest absolute Gasteiger partial charge is 0.340 e. The lowest BCUT2D eigenvalue weighted by Gasteiger charge is -2.15. The van der Waals surface area contributed by atoms with Gasteiger partial charge in [0.15, 0.2) is 11.5 Å². The van der Waals surface area contributed by atoms with E-state index in [-0.39, 0.29) is 17.2 Å². The van der Waals surface area contributed by atoms with Gasteiger partial charge in [0.1, 0.15) is 0 Å². The van der Waals surface area contributed by atoms with E-state index in [1.807, 2.05) is 37.3 Å². The second-order valence-corrected chi connectivity index (χ2v) is 6.70. The van der Waals surface area contributed by atoms with Gasteiger partial charge in [-0.05, 0) is 18.6 Å². The third-order valence-corrected chi connectivity index (χ3v) is 4.78. The van der Waals surface area contributed by atoms with E-state index in [1.54, 1.807) is 4.68 Å². The summed E-state index contributed by atoms with van der Waals surface area (Å²) in [5, 5.41) is 7.23. The summed E-state index contributed by atoms with van der Waals surface area (Å²) in [4.78, 5) is 25.5. The average Bonchev–Trinajstić information content (AvgIpc) is 3.22. The van der Waals surface area contributed by atoms with Crippen molar-refractivity contribution in [3.63, 3.8) is 0 Å². The van der Waals surface area contributed by atoms with Crippen LogP contribution in [0, 0.1) is 0 Å². The zero-order chi connectivity index (χ0) is 22.4. The van der Waals surface area contributed by atoms with Gasteiger partial charge in [-0.1, -0.05) is 31.5 Å². The lowest BCUT2D eigenvalue weighted by molar-refractivity contribution is 0.0601. The average molecular weight is 423 g/mol. The normalized spacial score (nSPS) is 10.5. The summed E-state index contributed by atoms with van der Waals surface area (Å²) in [5.41, 5.74) is 2.49. The number of carbonyl (C=O) groups excluding carboxylic acids is 2. The van der Waals surface area contributed by atoms with Gasteiger partial charge in [-0.15, -0.1) is 0 Å². The summed E-state index contributed by atoms with van der Waals surface area (Å²) in [6.45, 7) is 2.04. The van der Waals surface area contributed by atoms with Crippen molar-refractivity contribution in [2.45, 2.75) is 19.8 Å². The zero-order valence-corrected chi connectivity index (χ0v) is 18.0. The third-order valence-electron chi connectivity index (χ3n) is 4.78. The molecule has 0 aliphatic carbocycles. The number of methoxy groups -OCH3 is 3. The molecule has 0 aliphatic heterocycles. The minimum absolute atomic E-state index is 0.154. The minimum Gasteiger partial charge on any atom is -0.493 e. The lowest BCUT2D eigenvalue weighted by atomic mass is 10.1. The van der Waals surface area contributed by atoms with Gasteiger partial charge in [0.25, 0.3) is 5.91 Å². The molecule has 1 aromatic heterocycles. The highest BCUT2D eigenvalue weighted by Crippen LogP contribution is 2.34. The molecule has 8 heteroatoms. The molecular weight excluding hydrogens is 398 g/mol. The van der Waals surface area contributed by atoms with Crippen LogP contribution in [0.2, 0.25) is 0 Å². The second kappa shape index (κ2) is 9.80. The van der Waals surface area contributed by atoms with Gasteiger partial charge in [-0.3, -0.25) is 4.79 Å². The number of nitrogens with one attached hydrogen (secondary N) is 1. The van der Waals surface area contributed by atoms with Crippen molar-refractivity contribution in [1.29, 1.82) is 0 Å². The monoisotopic (exact) mass is 423 g/mol. The standard InChI is InChI=1S/C23H25N3O5/c1-5-9-19-17(14-24-26(19)15-10-7-6-8-11-15)22(27)25-18-13-21(30-3)20(29-2)12-16(18)23(28)31-4/h6-8,10-14H,5,9H2,1-4H3,(H,25,27). The fourth-order valence-electron chi connectivity index (χ4n) is 3.28. The number of benzene rings is 2. The molecule has 1 N–H and O–H groups in total. The van der Waals surface area contributed by atoms with Crippen molar-refractivity contribution in [1.82, 2.24) is 9.78 Å². The van der Waals surface area contributed by atoms with Crippen LogP contribution >= 0.6 is 0 Å². The van der Waals surface area contributed by atoms with Gasteiger partial charge in [0.2, 0.25) is 0 Å². The summed E-state index contributed by atoms with van der Waals surface area (Å²) < 4.78 is 17.2. The fourth-order valence-corrected chi connectivity index (χ4v) is 3.28. The Hall–Kier alpha value is -3.81. The molecule has 31 heavy (non-hydrogen) atoms. The Kier molecular flexibility index (Phi) is 6.92. The van der Waals surface area contributed by atoms with Crippen molar-refractivity contribution < 1.29 is 23.8 Å². The van der Waals surface area contributed by atoms with Crippen molar-refractivity contribution in [3.8, 4) is 17.2 Å². The Labute approximate surface area is 180 Å². The first kappa shape index (κ1) is 21.9. The number of hydrogen-bond acceptors (Lipinski definition) is 6. The highest BCUT2D eigenvalue weighted by molar-refractivity contribution is 6.09. The maximum Gasteiger partial charge on any atom is 0.340 e. The number of aromatic nitrogens is 2. The third kappa shape index (κ3) is 4.53. The van der Waals surface area contributed by atoms with E-state index in [0.717, 1.165) is 17.8 Å². The van der Waals surface area contributed by atoms with E-state index in [2.05, 4.69) is 10.4 Å². The van der Waals surface area contributed by atoms with Gasteiger partial charge in [-0.25, -0.2) is 9.48 Å². The number of carbonyl (C=O) groups is 2. The van der Waals surface area contributed by atoms with Gasteiger partial charge in [0, 0.05) is 12.1 Å². The molecule has 3 rings (SSSR count). The molecule has 0 bridgehead atoms. The van der Waals surface area contributed by atoms with Crippen LogP contribution in [-0.4, -0.2) is 43.0 Å². The topological polar surface area (TPSA) is 91.7 Å². The number of hydrogen-bond donors (Lipinski definition) is 1. The van der Waals surface area contributed by atoms with Gasteiger partial charge in [-0.2, -0.15) is 5.10 Å². The number of para-hydroxylation sites is 1. The number of esters is 1. The van der Waals surface area contributed by atoms with E-state index < -0.39 is 5.97 Å². The summed E-state index contributed by atoms with van der Waals surface area (Å²) in [6, 6.07) is 12.6. The Morgan fingerprint density at radius 3 is 2.29 bits per heavy atom. The molecule has 0 aliphatic rings. The zero-order valence-electron chi connectivity index (χ0n) is 18.0. The molecule has 0 saturated carbocycles. The lowest BCUT2D eigenvalue weighted by Crippen LogP contribution is -2.17. The predicted molar refractivity (Wildman–Crippen MR) is 116 cm³/mol. The summed E-state index contributed by atoms with van der Waals surface area (Å²) in [7, 11) is 4.21. The SMILES string of the molecule is CCCc1c(C(=O)Nc2cc(OC)c(OC)cc2C(=O)OC)cnn1-c1ccccc1. The van der Waals surface area contributed by atoms with Crippen molar-refractivity contribution in [2.24, 2.45) is 0 Å². The Morgan fingerprint density at radius 2 is 1.68 bits per heavy atom. The van der Waals surface area contributed by atoms with Crippen LogP contribution in [0.25, 0.3) is 5.69 Å². The molecule has 0 fully saturated rings. The number of anilines is 1.